The Morgan fingerprint density at radius 2 is 1.68 bits per heavy atom. The van der Waals surface area contributed by atoms with Gasteiger partial charge in [-0.3, -0.25) is 14.4 Å². The number of carboxylic acid groups (broad SMARTS) is 1. The summed E-state index contributed by atoms with van der Waals surface area (Å²) in [4.78, 5) is 48.8. The van der Waals surface area contributed by atoms with Crippen molar-refractivity contribution in [2.75, 3.05) is 25.1 Å². The molecule has 0 saturated heterocycles. The van der Waals surface area contributed by atoms with Crippen LogP contribution in [0.2, 0.25) is 0 Å². The summed E-state index contributed by atoms with van der Waals surface area (Å²) < 4.78 is 0. The van der Waals surface area contributed by atoms with E-state index >= 15 is 0 Å². The molecular weight excluding hydrogens is 462 g/mol. The van der Waals surface area contributed by atoms with E-state index in [1.807, 2.05) is 6.26 Å². The monoisotopic (exact) mass is 497 g/mol. The predicted octanol–water partition coefficient (Wildman–Crippen LogP) is -0.685. The van der Waals surface area contributed by atoms with Crippen molar-refractivity contribution in [2.24, 2.45) is 11.5 Å². The summed E-state index contributed by atoms with van der Waals surface area (Å²) in [5.74, 6) is -2.29. The van der Waals surface area contributed by atoms with Crippen molar-refractivity contribution in [3.05, 3.63) is 29.8 Å². The van der Waals surface area contributed by atoms with Gasteiger partial charge in [-0.15, -0.1) is 0 Å². The first-order valence-corrected chi connectivity index (χ1v) is 12.4. The van der Waals surface area contributed by atoms with Gasteiger partial charge in [0, 0.05) is 6.42 Å². The molecule has 0 bridgehead atoms. The Balaban J connectivity index is 2.62. The quantitative estimate of drug-likeness (QED) is 0.145. The molecule has 1 rings (SSSR count). The first-order chi connectivity index (χ1) is 16.2. The lowest BCUT2D eigenvalue weighted by Gasteiger charge is -2.21. The van der Waals surface area contributed by atoms with Gasteiger partial charge in [0.15, 0.2) is 0 Å². The minimum Gasteiger partial charge on any atom is -0.508 e. The Morgan fingerprint density at radius 1 is 1.00 bits per heavy atom. The highest BCUT2D eigenvalue weighted by atomic mass is 32.2. The van der Waals surface area contributed by atoms with E-state index in [2.05, 4.69) is 16.0 Å². The molecule has 0 fully saturated rings. The standard InChI is InChI=1S/C22H35N5O6S/c1-34-11-9-17(27-20(30)16(24)4-2-3-10-23)21(31)25-13-19(29)26-18(22(32)33)12-14-5-7-15(28)8-6-14/h5-8,16-18,28H,2-4,9-13,23-24H2,1H3,(H,25,31)(H,26,29)(H,27,30)(H,32,33). The third kappa shape index (κ3) is 11.3. The van der Waals surface area contributed by atoms with Gasteiger partial charge in [-0.1, -0.05) is 18.6 Å². The second-order valence-corrected chi connectivity index (χ2v) is 8.77. The largest absolute Gasteiger partial charge is 0.508 e. The van der Waals surface area contributed by atoms with E-state index < -0.39 is 48.4 Å². The average molecular weight is 498 g/mol. The molecule has 0 saturated carbocycles. The molecule has 0 heterocycles. The molecule has 3 amide bonds. The SMILES string of the molecule is CSCCC(NC(=O)C(N)CCCCN)C(=O)NCC(=O)NC(Cc1ccc(O)cc1)C(=O)O. The number of benzene rings is 1. The van der Waals surface area contributed by atoms with E-state index in [9.17, 15) is 29.4 Å². The van der Waals surface area contributed by atoms with Crippen molar-refractivity contribution < 1.29 is 29.4 Å². The third-order valence-electron chi connectivity index (χ3n) is 4.98. The van der Waals surface area contributed by atoms with Crippen LogP contribution in [0, 0.1) is 0 Å². The van der Waals surface area contributed by atoms with Gasteiger partial charge in [-0.2, -0.15) is 11.8 Å². The van der Waals surface area contributed by atoms with E-state index in [1.165, 1.54) is 23.9 Å². The number of aliphatic carboxylic acids is 1. The Labute approximate surface area is 203 Å². The third-order valence-corrected chi connectivity index (χ3v) is 5.63. The molecule has 0 radical (unpaired) electrons. The van der Waals surface area contributed by atoms with E-state index in [4.69, 9.17) is 11.5 Å². The van der Waals surface area contributed by atoms with Crippen molar-refractivity contribution in [1.82, 2.24) is 16.0 Å². The van der Waals surface area contributed by atoms with E-state index in [0.717, 1.165) is 6.42 Å². The second-order valence-electron chi connectivity index (χ2n) is 7.78. The number of rotatable bonds is 16. The van der Waals surface area contributed by atoms with Crippen LogP contribution >= 0.6 is 11.8 Å². The summed E-state index contributed by atoms with van der Waals surface area (Å²) in [6, 6.07) is 3.09. The molecule has 3 unspecified atom stereocenters. The van der Waals surface area contributed by atoms with Crippen molar-refractivity contribution in [3.8, 4) is 5.75 Å². The Kier molecular flexibility index (Phi) is 13.7. The molecule has 0 spiro atoms. The van der Waals surface area contributed by atoms with Crippen molar-refractivity contribution in [1.29, 1.82) is 0 Å². The van der Waals surface area contributed by atoms with Gasteiger partial charge in [0.25, 0.3) is 0 Å². The predicted molar refractivity (Wildman–Crippen MR) is 130 cm³/mol. The van der Waals surface area contributed by atoms with Crippen LogP contribution in [0.15, 0.2) is 24.3 Å². The lowest BCUT2D eigenvalue weighted by molar-refractivity contribution is -0.141. The summed E-state index contributed by atoms with van der Waals surface area (Å²) in [5, 5.41) is 26.2. The fourth-order valence-corrected chi connectivity index (χ4v) is 3.50. The molecular formula is C22H35N5O6S. The maximum atomic E-state index is 12.6. The van der Waals surface area contributed by atoms with E-state index in [0.29, 0.717) is 37.1 Å². The number of carbonyl (C=O) groups is 4. The number of nitrogens with two attached hydrogens (primary N) is 2. The molecule has 1 aromatic carbocycles. The molecule has 12 heteroatoms. The van der Waals surface area contributed by atoms with Gasteiger partial charge in [-0.05, 0) is 55.5 Å². The summed E-state index contributed by atoms with van der Waals surface area (Å²) in [7, 11) is 0. The van der Waals surface area contributed by atoms with Crippen LogP contribution in [0.4, 0.5) is 0 Å². The van der Waals surface area contributed by atoms with Gasteiger partial charge < -0.3 is 37.6 Å². The number of carboxylic acids is 1. The highest BCUT2D eigenvalue weighted by Gasteiger charge is 2.25. The lowest BCUT2D eigenvalue weighted by atomic mass is 10.1. The number of thioether (sulfide) groups is 1. The van der Waals surface area contributed by atoms with Gasteiger partial charge in [0.05, 0.1) is 12.6 Å². The van der Waals surface area contributed by atoms with Crippen LogP contribution in [0.5, 0.6) is 5.75 Å². The van der Waals surface area contributed by atoms with Crippen LogP contribution in [-0.4, -0.2) is 77.1 Å². The number of amides is 3. The van der Waals surface area contributed by atoms with Crippen molar-refractivity contribution in [2.45, 2.75) is 50.2 Å². The van der Waals surface area contributed by atoms with Gasteiger partial charge in [0.2, 0.25) is 17.7 Å². The number of phenolic OH excluding ortho intramolecular Hbond substituents is 1. The molecule has 0 aliphatic rings. The first kappa shape index (κ1) is 29.2. The zero-order chi connectivity index (χ0) is 25.5. The fraction of sp³-hybridized carbons (Fsp3) is 0.545. The molecule has 3 atom stereocenters. The van der Waals surface area contributed by atoms with Crippen molar-refractivity contribution in [3.63, 3.8) is 0 Å². The molecule has 34 heavy (non-hydrogen) atoms. The molecule has 11 nitrogen and oxygen atoms in total. The first-order valence-electron chi connectivity index (χ1n) is 11.0. The van der Waals surface area contributed by atoms with Crippen LogP contribution in [0.25, 0.3) is 0 Å². The number of hydrogen-bond donors (Lipinski definition) is 7. The summed E-state index contributed by atoms with van der Waals surface area (Å²) in [6.07, 6.45) is 4.10. The lowest BCUT2D eigenvalue weighted by Crippen LogP contribution is -2.53. The Hall–Kier alpha value is -2.83. The number of unbranched alkanes of at least 4 members (excludes halogenated alkanes) is 1. The number of hydrogen-bond acceptors (Lipinski definition) is 8. The Bertz CT molecular complexity index is 807. The normalized spacial score (nSPS) is 13.4. The smallest absolute Gasteiger partial charge is 0.326 e. The molecule has 0 aromatic heterocycles. The number of carbonyl (C=O) groups excluding carboxylic acids is 3. The fourth-order valence-electron chi connectivity index (χ4n) is 3.03. The van der Waals surface area contributed by atoms with Crippen LogP contribution in [0.3, 0.4) is 0 Å². The molecule has 9 N–H and O–H groups in total. The highest BCUT2D eigenvalue weighted by Crippen LogP contribution is 2.11. The van der Waals surface area contributed by atoms with Crippen LogP contribution < -0.4 is 27.4 Å². The van der Waals surface area contributed by atoms with Gasteiger partial charge in [-0.25, -0.2) is 4.79 Å². The molecule has 0 aliphatic heterocycles. The minimum absolute atomic E-state index is 0.00372. The minimum atomic E-state index is -1.23. The maximum Gasteiger partial charge on any atom is 0.326 e. The second kappa shape index (κ2) is 15.9. The summed E-state index contributed by atoms with van der Waals surface area (Å²) in [6.45, 7) is 0.0548. The van der Waals surface area contributed by atoms with E-state index in [1.54, 1.807) is 12.1 Å². The zero-order valence-corrected chi connectivity index (χ0v) is 20.1. The number of nitrogens with one attached hydrogen (secondary N) is 3. The topological polar surface area (TPSA) is 197 Å². The van der Waals surface area contributed by atoms with Gasteiger partial charge >= 0.3 is 5.97 Å². The highest BCUT2D eigenvalue weighted by molar-refractivity contribution is 7.98. The van der Waals surface area contributed by atoms with Gasteiger partial charge in [0.1, 0.15) is 17.8 Å². The number of phenols is 1. The molecule has 0 aliphatic carbocycles. The summed E-state index contributed by atoms with van der Waals surface area (Å²) >= 11 is 1.50. The summed E-state index contributed by atoms with van der Waals surface area (Å²) in [5.41, 5.74) is 11.9. The average Bonchev–Trinajstić information content (AvgIpc) is 2.80. The molecule has 1 aromatic rings. The zero-order valence-electron chi connectivity index (χ0n) is 19.3. The van der Waals surface area contributed by atoms with E-state index in [-0.39, 0.29) is 12.2 Å². The Morgan fingerprint density at radius 3 is 2.26 bits per heavy atom. The number of aromatic hydroxyl groups is 1. The van der Waals surface area contributed by atoms with Crippen LogP contribution in [0.1, 0.15) is 31.2 Å². The van der Waals surface area contributed by atoms with Crippen molar-refractivity contribution >= 4 is 35.5 Å². The van der Waals surface area contributed by atoms with Crippen LogP contribution in [-0.2, 0) is 25.6 Å². The maximum absolute atomic E-state index is 12.6. The molecule has 190 valence electrons.